The van der Waals surface area contributed by atoms with Crippen LogP contribution in [0.3, 0.4) is 0 Å². The van der Waals surface area contributed by atoms with Gasteiger partial charge in [-0.15, -0.1) is 0 Å². The number of fused-ring (bicyclic) bond motifs is 1. The molecule has 1 aromatic heterocycles. The van der Waals surface area contributed by atoms with Crippen LogP contribution in [0.5, 0.6) is 0 Å². The second-order valence-electron chi connectivity index (χ2n) is 5.25. The summed E-state index contributed by atoms with van der Waals surface area (Å²) in [6.45, 7) is 6.62. The third kappa shape index (κ3) is 3.18. The number of pyridine rings is 1. The van der Waals surface area contributed by atoms with Crippen LogP contribution >= 0.6 is 0 Å². The van der Waals surface area contributed by atoms with Gasteiger partial charge in [0.25, 0.3) is 0 Å². The molecule has 3 nitrogen and oxygen atoms in total. The van der Waals surface area contributed by atoms with Gasteiger partial charge in [-0.25, -0.2) is 0 Å². The number of carbonyl (C=O) groups excluding carboxylic acids is 1. The van der Waals surface area contributed by atoms with Gasteiger partial charge in [0.1, 0.15) is 0 Å². The van der Waals surface area contributed by atoms with Crippen LogP contribution < -0.4 is 5.32 Å². The molecule has 0 aliphatic heterocycles. The van der Waals surface area contributed by atoms with Crippen LogP contribution in [0, 0.1) is 0 Å². The second-order valence-corrected chi connectivity index (χ2v) is 5.25. The monoisotopic (exact) mass is 256 g/mol. The number of para-hydroxylation sites is 1. The molecule has 0 fully saturated rings. The molecule has 0 aliphatic carbocycles. The zero-order chi connectivity index (χ0) is 13.9. The van der Waals surface area contributed by atoms with Gasteiger partial charge in [-0.05, 0) is 32.5 Å². The molecule has 0 saturated carbocycles. The first-order chi connectivity index (χ1) is 9.03. The Balaban J connectivity index is 2.19. The highest BCUT2D eigenvalue weighted by Crippen LogP contribution is 2.14. The first-order valence-corrected chi connectivity index (χ1v) is 6.66. The molecule has 1 N–H and O–H groups in total. The molecule has 2 rings (SSSR count). The first-order valence-electron chi connectivity index (χ1n) is 6.66. The summed E-state index contributed by atoms with van der Waals surface area (Å²) in [6.07, 6.45) is 0.366. The summed E-state index contributed by atoms with van der Waals surface area (Å²) in [5.74, 6) is 0.164. The van der Waals surface area contributed by atoms with Crippen molar-refractivity contribution in [2.45, 2.75) is 32.7 Å². The molecule has 2 aromatic rings. The Morgan fingerprint density at radius 1 is 1.21 bits per heavy atom. The van der Waals surface area contributed by atoms with Crippen LogP contribution in [0.15, 0.2) is 36.4 Å². The van der Waals surface area contributed by atoms with Crippen LogP contribution in [-0.4, -0.2) is 22.9 Å². The van der Waals surface area contributed by atoms with Crippen molar-refractivity contribution in [3.8, 4) is 0 Å². The molecule has 19 heavy (non-hydrogen) atoms. The highest BCUT2D eigenvalue weighted by atomic mass is 16.1. The van der Waals surface area contributed by atoms with Crippen molar-refractivity contribution in [3.05, 3.63) is 42.1 Å². The fraction of sp³-hybridized carbons (Fsp3) is 0.375. The summed E-state index contributed by atoms with van der Waals surface area (Å²) in [7, 11) is 0. The number of rotatable bonds is 5. The minimum atomic E-state index is -0.498. The van der Waals surface area contributed by atoms with Crippen molar-refractivity contribution in [3.63, 3.8) is 0 Å². The lowest BCUT2D eigenvalue weighted by molar-refractivity contribution is -0.123. The molecule has 100 valence electrons. The predicted molar refractivity (Wildman–Crippen MR) is 78.2 cm³/mol. The summed E-state index contributed by atoms with van der Waals surface area (Å²) in [4.78, 5) is 16.8. The Hall–Kier alpha value is -1.74. The molecule has 0 amide bonds. The Bertz CT molecular complexity index is 590. The van der Waals surface area contributed by atoms with Crippen LogP contribution in [0.2, 0.25) is 0 Å². The van der Waals surface area contributed by atoms with E-state index in [1.165, 1.54) is 0 Å². The van der Waals surface area contributed by atoms with Gasteiger partial charge in [0.2, 0.25) is 0 Å². The Morgan fingerprint density at radius 2 is 1.95 bits per heavy atom. The second kappa shape index (κ2) is 5.49. The van der Waals surface area contributed by atoms with Crippen molar-refractivity contribution in [1.29, 1.82) is 0 Å². The standard InChI is InChI=1S/C16H20N2O/c1-4-17-16(2,3)15(19)11-13-10-9-12-7-5-6-8-14(12)18-13/h5-10,17H,4,11H2,1-3H3. The Labute approximate surface area is 114 Å². The van der Waals surface area contributed by atoms with Gasteiger partial charge in [0.15, 0.2) is 5.78 Å². The number of benzene rings is 1. The molecule has 0 bridgehead atoms. The topological polar surface area (TPSA) is 42.0 Å². The van der Waals surface area contributed by atoms with Crippen molar-refractivity contribution >= 4 is 16.7 Å². The Morgan fingerprint density at radius 3 is 2.68 bits per heavy atom. The number of nitrogens with one attached hydrogen (secondary N) is 1. The molecule has 0 saturated heterocycles. The Kier molecular flexibility index (Phi) is 3.96. The molecule has 1 aromatic carbocycles. The number of aromatic nitrogens is 1. The normalized spacial score (nSPS) is 11.7. The highest BCUT2D eigenvalue weighted by molar-refractivity contribution is 5.89. The number of hydrogen-bond acceptors (Lipinski definition) is 3. The minimum absolute atomic E-state index is 0.164. The van der Waals surface area contributed by atoms with E-state index in [1.807, 2.05) is 57.2 Å². The lowest BCUT2D eigenvalue weighted by Crippen LogP contribution is -2.47. The average molecular weight is 256 g/mol. The number of hydrogen-bond donors (Lipinski definition) is 1. The molecule has 3 heteroatoms. The number of carbonyl (C=O) groups is 1. The molecule has 0 spiro atoms. The van der Waals surface area contributed by atoms with Crippen molar-refractivity contribution in [2.24, 2.45) is 0 Å². The molecular formula is C16H20N2O. The van der Waals surface area contributed by atoms with Gasteiger partial charge in [-0.2, -0.15) is 0 Å². The fourth-order valence-corrected chi connectivity index (χ4v) is 2.13. The van der Waals surface area contributed by atoms with Crippen LogP contribution in [-0.2, 0) is 11.2 Å². The summed E-state index contributed by atoms with van der Waals surface area (Å²) >= 11 is 0. The van der Waals surface area contributed by atoms with E-state index in [-0.39, 0.29) is 5.78 Å². The van der Waals surface area contributed by atoms with E-state index in [9.17, 15) is 4.79 Å². The van der Waals surface area contributed by atoms with E-state index < -0.39 is 5.54 Å². The summed E-state index contributed by atoms with van der Waals surface area (Å²) < 4.78 is 0. The van der Waals surface area contributed by atoms with Gasteiger partial charge in [-0.3, -0.25) is 9.78 Å². The zero-order valence-electron chi connectivity index (χ0n) is 11.7. The molecule has 0 atom stereocenters. The predicted octanol–water partition coefficient (Wildman–Crippen LogP) is 2.73. The highest BCUT2D eigenvalue weighted by Gasteiger charge is 2.26. The van der Waals surface area contributed by atoms with Crippen molar-refractivity contribution in [2.75, 3.05) is 6.54 Å². The maximum Gasteiger partial charge on any atom is 0.158 e. The molecule has 0 radical (unpaired) electrons. The fourth-order valence-electron chi connectivity index (χ4n) is 2.13. The smallest absolute Gasteiger partial charge is 0.158 e. The van der Waals surface area contributed by atoms with E-state index in [1.54, 1.807) is 0 Å². The van der Waals surface area contributed by atoms with Gasteiger partial charge < -0.3 is 5.32 Å². The number of ketones is 1. The number of likely N-dealkylation sites (N-methyl/N-ethyl adjacent to an activating group) is 1. The molecule has 0 aliphatic rings. The SMILES string of the molecule is CCNC(C)(C)C(=O)Cc1ccc2ccccc2n1. The van der Waals surface area contributed by atoms with Gasteiger partial charge in [0.05, 0.1) is 17.5 Å². The number of nitrogens with zero attached hydrogens (tertiary/aromatic N) is 1. The first kappa shape index (κ1) is 13.7. The minimum Gasteiger partial charge on any atom is -0.306 e. The summed E-state index contributed by atoms with van der Waals surface area (Å²) in [5, 5.41) is 4.30. The van der Waals surface area contributed by atoms with Crippen molar-refractivity contribution < 1.29 is 4.79 Å². The van der Waals surface area contributed by atoms with Crippen LogP contribution in [0.25, 0.3) is 10.9 Å². The van der Waals surface area contributed by atoms with E-state index >= 15 is 0 Å². The number of Topliss-reactive ketones (excluding diaryl/α,β-unsaturated/α-hetero) is 1. The van der Waals surface area contributed by atoms with Gasteiger partial charge in [0, 0.05) is 11.1 Å². The van der Waals surface area contributed by atoms with E-state index in [2.05, 4.69) is 10.3 Å². The van der Waals surface area contributed by atoms with E-state index in [4.69, 9.17) is 0 Å². The molecular weight excluding hydrogens is 236 g/mol. The van der Waals surface area contributed by atoms with Crippen LogP contribution in [0.4, 0.5) is 0 Å². The van der Waals surface area contributed by atoms with Crippen molar-refractivity contribution in [1.82, 2.24) is 10.3 Å². The van der Waals surface area contributed by atoms with Gasteiger partial charge in [-0.1, -0.05) is 31.2 Å². The lowest BCUT2D eigenvalue weighted by Gasteiger charge is -2.23. The van der Waals surface area contributed by atoms with E-state index in [0.29, 0.717) is 6.42 Å². The van der Waals surface area contributed by atoms with Crippen LogP contribution in [0.1, 0.15) is 26.5 Å². The average Bonchev–Trinajstić information content (AvgIpc) is 2.38. The lowest BCUT2D eigenvalue weighted by atomic mass is 9.95. The summed E-state index contributed by atoms with van der Waals surface area (Å²) in [5.41, 5.74) is 1.27. The summed E-state index contributed by atoms with van der Waals surface area (Å²) in [6, 6.07) is 11.9. The quantitative estimate of drug-likeness (QED) is 0.894. The largest absolute Gasteiger partial charge is 0.306 e. The molecule has 1 heterocycles. The van der Waals surface area contributed by atoms with Gasteiger partial charge >= 0.3 is 0 Å². The van der Waals surface area contributed by atoms with E-state index in [0.717, 1.165) is 23.1 Å². The third-order valence-corrected chi connectivity index (χ3v) is 3.31. The maximum atomic E-state index is 12.3. The zero-order valence-corrected chi connectivity index (χ0v) is 11.7. The maximum absolute atomic E-state index is 12.3. The third-order valence-electron chi connectivity index (χ3n) is 3.31. The molecule has 0 unspecified atom stereocenters.